The zero-order valence-corrected chi connectivity index (χ0v) is 10.6. The van der Waals surface area contributed by atoms with E-state index in [0.29, 0.717) is 11.5 Å². The van der Waals surface area contributed by atoms with Gasteiger partial charge >= 0.3 is 0 Å². The summed E-state index contributed by atoms with van der Waals surface area (Å²) in [5.74, 6) is 0.661. The van der Waals surface area contributed by atoms with E-state index in [4.69, 9.17) is 16.3 Å². The van der Waals surface area contributed by atoms with E-state index in [1.54, 1.807) is 7.11 Å². The molecule has 0 spiro atoms. The Hall–Kier alpha value is -1.65. The van der Waals surface area contributed by atoms with E-state index in [2.05, 4.69) is 9.97 Å². The first-order chi connectivity index (χ1) is 8.74. The van der Waals surface area contributed by atoms with Crippen molar-refractivity contribution in [1.82, 2.24) is 9.97 Å². The smallest absolute Gasteiger partial charge is 0.251 e. The Balaban J connectivity index is 2.45. The van der Waals surface area contributed by atoms with Gasteiger partial charge in [0.05, 0.1) is 11.6 Å². The molecule has 0 fully saturated rings. The fraction of sp³-hybridized carbons (Fsp3) is 0.231. The molecule has 1 N–H and O–H groups in total. The summed E-state index contributed by atoms with van der Waals surface area (Å²) in [6.45, 7) is 0. The van der Waals surface area contributed by atoms with Gasteiger partial charge in [0, 0.05) is 13.2 Å². The third kappa shape index (κ3) is 2.78. The summed E-state index contributed by atoms with van der Waals surface area (Å²) in [6, 6.07) is 11.0. The van der Waals surface area contributed by atoms with Gasteiger partial charge in [-0.1, -0.05) is 30.3 Å². The molecule has 1 aromatic heterocycles. The molecule has 2 aromatic rings. The lowest BCUT2D eigenvalue weighted by atomic mass is 10.1. The number of benzene rings is 1. The number of rotatable bonds is 4. The van der Waals surface area contributed by atoms with Crippen LogP contribution < -0.4 is 5.56 Å². The SMILES string of the molecule is COC(c1ccccc1)c1nc(CCl)cc(=O)[nH]1. The number of hydrogen-bond donors (Lipinski definition) is 1. The Morgan fingerprint density at radius 1 is 1.39 bits per heavy atom. The molecule has 1 unspecified atom stereocenters. The van der Waals surface area contributed by atoms with Gasteiger partial charge in [0.15, 0.2) is 0 Å². The maximum absolute atomic E-state index is 11.5. The molecule has 1 aromatic carbocycles. The fourth-order valence-electron chi connectivity index (χ4n) is 1.75. The minimum Gasteiger partial charge on any atom is -0.369 e. The first-order valence-electron chi connectivity index (χ1n) is 5.48. The quantitative estimate of drug-likeness (QED) is 0.862. The number of H-pyrrole nitrogens is 1. The van der Waals surface area contributed by atoms with Crippen LogP contribution in [0.4, 0.5) is 0 Å². The Bertz CT molecular complexity index is 569. The number of alkyl halides is 1. The van der Waals surface area contributed by atoms with Crippen LogP contribution in [-0.2, 0) is 10.6 Å². The lowest BCUT2D eigenvalue weighted by molar-refractivity contribution is 0.128. The van der Waals surface area contributed by atoms with Crippen molar-refractivity contribution in [1.29, 1.82) is 0 Å². The average Bonchev–Trinajstić information content (AvgIpc) is 2.40. The molecule has 5 heteroatoms. The van der Waals surface area contributed by atoms with Crippen molar-refractivity contribution in [2.75, 3.05) is 7.11 Å². The van der Waals surface area contributed by atoms with Gasteiger partial charge in [-0.2, -0.15) is 0 Å². The molecule has 0 saturated heterocycles. The third-order valence-corrected chi connectivity index (χ3v) is 2.81. The summed E-state index contributed by atoms with van der Waals surface area (Å²) < 4.78 is 5.40. The van der Waals surface area contributed by atoms with E-state index in [1.807, 2.05) is 30.3 Å². The maximum Gasteiger partial charge on any atom is 0.251 e. The Morgan fingerprint density at radius 2 is 2.11 bits per heavy atom. The minimum absolute atomic E-state index is 0.197. The maximum atomic E-state index is 11.5. The normalized spacial score (nSPS) is 12.3. The molecule has 0 aliphatic heterocycles. The van der Waals surface area contributed by atoms with Crippen molar-refractivity contribution >= 4 is 11.6 Å². The Morgan fingerprint density at radius 3 is 2.72 bits per heavy atom. The first-order valence-corrected chi connectivity index (χ1v) is 6.02. The lowest BCUT2D eigenvalue weighted by Gasteiger charge is -2.15. The highest BCUT2D eigenvalue weighted by Gasteiger charge is 2.16. The first kappa shape index (κ1) is 12.8. The third-order valence-electron chi connectivity index (χ3n) is 2.54. The van der Waals surface area contributed by atoms with Crippen LogP contribution >= 0.6 is 11.6 Å². The number of hydrogen-bond acceptors (Lipinski definition) is 3. The zero-order valence-electron chi connectivity index (χ0n) is 9.89. The molecular formula is C13H13ClN2O2. The summed E-state index contributed by atoms with van der Waals surface area (Å²) >= 11 is 5.71. The van der Waals surface area contributed by atoms with Crippen molar-refractivity contribution in [3.8, 4) is 0 Å². The van der Waals surface area contributed by atoms with Crippen LogP contribution in [0, 0.1) is 0 Å². The average molecular weight is 265 g/mol. The van der Waals surface area contributed by atoms with E-state index in [0.717, 1.165) is 5.56 Å². The van der Waals surface area contributed by atoms with E-state index >= 15 is 0 Å². The summed E-state index contributed by atoms with van der Waals surface area (Å²) in [4.78, 5) is 18.5. The van der Waals surface area contributed by atoms with Gasteiger partial charge in [-0.3, -0.25) is 4.79 Å². The van der Waals surface area contributed by atoms with Crippen molar-refractivity contribution in [3.63, 3.8) is 0 Å². The van der Waals surface area contributed by atoms with Crippen LogP contribution in [0.1, 0.15) is 23.2 Å². The summed E-state index contributed by atoms with van der Waals surface area (Å²) in [7, 11) is 1.57. The van der Waals surface area contributed by atoms with Gasteiger partial charge in [0.2, 0.25) is 0 Å². The second kappa shape index (κ2) is 5.80. The van der Waals surface area contributed by atoms with Crippen LogP contribution in [0.2, 0.25) is 0 Å². The van der Waals surface area contributed by atoms with Gasteiger partial charge < -0.3 is 9.72 Å². The summed E-state index contributed by atoms with van der Waals surface area (Å²) in [5.41, 5.74) is 1.23. The number of halogens is 1. The second-order valence-corrected chi connectivity index (χ2v) is 4.05. The number of ether oxygens (including phenoxy) is 1. The van der Waals surface area contributed by atoms with Gasteiger partial charge in [-0.15, -0.1) is 11.6 Å². The topological polar surface area (TPSA) is 55.0 Å². The highest BCUT2D eigenvalue weighted by molar-refractivity contribution is 6.16. The van der Waals surface area contributed by atoms with Crippen LogP contribution in [0.15, 0.2) is 41.2 Å². The standard InChI is InChI=1S/C13H13ClN2O2/c1-18-12(9-5-3-2-4-6-9)13-15-10(8-14)7-11(17)16-13/h2-7,12H,8H2,1H3,(H,15,16,17). The molecule has 1 atom stereocenters. The lowest BCUT2D eigenvalue weighted by Crippen LogP contribution is -2.17. The molecular weight excluding hydrogens is 252 g/mol. The van der Waals surface area contributed by atoms with Gasteiger partial charge in [0.25, 0.3) is 5.56 Å². The van der Waals surface area contributed by atoms with E-state index in [1.165, 1.54) is 6.07 Å². The van der Waals surface area contributed by atoms with Crippen molar-refractivity contribution in [3.05, 3.63) is 63.8 Å². The molecule has 0 radical (unpaired) electrons. The predicted octanol–water partition coefficient (Wildman–Crippen LogP) is 2.24. The van der Waals surface area contributed by atoms with Gasteiger partial charge in [0.1, 0.15) is 11.9 Å². The summed E-state index contributed by atoms with van der Waals surface area (Å²) in [5, 5.41) is 0. The van der Waals surface area contributed by atoms with Crippen LogP contribution in [-0.4, -0.2) is 17.1 Å². The van der Waals surface area contributed by atoms with Crippen molar-refractivity contribution in [2.24, 2.45) is 0 Å². The predicted molar refractivity (Wildman–Crippen MR) is 69.7 cm³/mol. The van der Waals surface area contributed by atoms with Crippen molar-refractivity contribution in [2.45, 2.75) is 12.0 Å². The largest absolute Gasteiger partial charge is 0.369 e. The molecule has 0 bridgehead atoms. The van der Waals surface area contributed by atoms with E-state index in [9.17, 15) is 4.79 Å². The van der Waals surface area contributed by atoms with Crippen LogP contribution in [0.3, 0.4) is 0 Å². The van der Waals surface area contributed by atoms with E-state index in [-0.39, 0.29) is 11.4 Å². The number of methoxy groups -OCH3 is 1. The molecule has 0 aliphatic carbocycles. The number of aromatic nitrogens is 2. The van der Waals surface area contributed by atoms with Gasteiger partial charge in [-0.05, 0) is 5.56 Å². The number of nitrogens with one attached hydrogen (secondary N) is 1. The molecule has 4 nitrogen and oxygen atoms in total. The minimum atomic E-state index is -0.401. The number of nitrogens with zero attached hydrogens (tertiary/aromatic N) is 1. The molecule has 0 aliphatic rings. The number of aromatic amines is 1. The zero-order chi connectivity index (χ0) is 13.0. The monoisotopic (exact) mass is 264 g/mol. The molecule has 94 valence electrons. The fourth-order valence-corrected chi connectivity index (χ4v) is 1.89. The van der Waals surface area contributed by atoms with Crippen LogP contribution in [0.25, 0.3) is 0 Å². The summed E-state index contributed by atoms with van der Waals surface area (Å²) in [6.07, 6.45) is -0.401. The highest BCUT2D eigenvalue weighted by atomic mass is 35.5. The van der Waals surface area contributed by atoms with E-state index < -0.39 is 6.10 Å². The molecule has 0 saturated carbocycles. The molecule has 0 amide bonds. The van der Waals surface area contributed by atoms with Crippen molar-refractivity contribution < 1.29 is 4.74 Å². The molecule has 1 heterocycles. The van der Waals surface area contributed by atoms with Gasteiger partial charge in [-0.25, -0.2) is 4.98 Å². The van der Waals surface area contributed by atoms with Crippen LogP contribution in [0.5, 0.6) is 0 Å². The molecule has 18 heavy (non-hydrogen) atoms. The Labute approximate surface area is 110 Å². The highest BCUT2D eigenvalue weighted by Crippen LogP contribution is 2.21. The Kier molecular flexibility index (Phi) is 4.12. The second-order valence-electron chi connectivity index (χ2n) is 3.78. The molecule has 2 rings (SSSR count).